The van der Waals surface area contributed by atoms with E-state index in [0.717, 1.165) is 6.04 Å². The van der Waals surface area contributed by atoms with Crippen LogP contribution in [0.1, 0.15) is 305 Å². The molecule has 0 saturated heterocycles. The van der Waals surface area contributed by atoms with Crippen molar-refractivity contribution in [3.05, 3.63) is 0 Å². The maximum absolute atomic E-state index is 7.93. The summed E-state index contributed by atoms with van der Waals surface area (Å²) in [5.74, 6) is 0. The lowest BCUT2D eigenvalue weighted by Crippen LogP contribution is -2.54. The molecule has 0 amide bonds. The molecule has 0 aromatic heterocycles. The minimum atomic E-state index is -2.94. The summed E-state index contributed by atoms with van der Waals surface area (Å²) < 4.78 is 22.4. The smallest absolute Gasteiger partial charge is 0.377 e. The second kappa shape index (κ2) is 42.2. The van der Waals surface area contributed by atoms with Gasteiger partial charge in [-0.15, -0.1) is 0 Å². The predicted octanol–water partition coefficient (Wildman–Crippen LogP) is 18.8. The molecule has 0 aromatic rings. The quantitative estimate of drug-likeness (QED) is 0.0454. The second-order valence-corrected chi connectivity index (χ2v) is 20.8. The second-order valence-electron chi connectivity index (χ2n) is 18.1. The summed E-state index contributed by atoms with van der Waals surface area (Å²) in [7, 11) is -0.955. The third-order valence-corrected chi connectivity index (χ3v) is 15.6. The van der Waals surface area contributed by atoms with Crippen molar-refractivity contribution in [1.82, 2.24) is 0 Å². The van der Waals surface area contributed by atoms with Crippen LogP contribution >= 0.6 is 0 Å². The SMILES string of the molecule is CCCCCCCCC(CCCCCCCC)O[Si](CCCCCCCC)(OC)OC(CCCCCCCC)(CCCCCCCC)CCCCCCCC. The zero-order valence-corrected chi connectivity index (χ0v) is 40.5. The molecule has 0 spiro atoms. The van der Waals surface area contributed by atoms with Gasteiger partial charge >= 0.3 is 8.80 Å². The Morgan fingerprint density at radius 1 is 0.345 bits per heavy atom. The lowest BCUT2D eigenvalue weighted by atomic mass is 9.85. The van der Waals surface area contributed by atoms with Crippen molar-refractivity contribution in [1.29, 1.82) is 0 Å². The highest BCUT2D eigenvalue weighted by molar-refractivity contribution is 6.60. The zero-order chi connectivity index (χ0) is 40.4. The van der Waals surface area contributed by atoms with Crippen LogP contribution in [0.3, 0.4) is 0 Å². The van der Waals surface area contributed by atoms with E-state index in [1.807, 2.05) is 7.11 Å². The van der Waals surface area contributed by atoms with Gasteiger partial charge in [0.2, 0.25) is 0 Å². The van der Waals surface area contributed by atoms with E-state index in [9.17, 15) is 0 Å². The van der Waals surface area contributed by atoms with E-state index >= 15 is 0 Å². The molecular formula is C51H106O3Si. The minimum Gasteiger partial charge on any atom is -0.377 e. The maximum atomic E-state index is 7.93. The van der Waals surface area contributed by atoms with E-state index < -0.39 is 8.80 Å². The average Bonchev–Trinajstić information content (AvgIpc) is 3.19. The molecule has 55 heavy (non-hydrogen) atoms. The van der Waals surface area contributed by atoms with Crippen LogP contribution in [0.25, 0.3) is 0 Å². The van der Waals surface area contributed by atoms with Crippen LogP contribution in [0.2, 0.25) is 6.04 Å². The molecule has 1 atom stereocenters. The van der Waals surface area contributed by atoms with E-state index in [2.05, 4.69) is 41.5 Å². The zero-order valence-electron chi connectivity index (χ0n) is 39.5. The third kappa shape index (κ3) is 33.6. The van der Waals surface area contributed by atoms with Gasteiger partial charge in [0.05, 0.1) is 5.60 Å². The first kappa shape index (κ1) is 55.1. The highest BCUT2D eigenvalue weighted by Gasteiger charge is 2.48. The molecule has 0 fully saturated rings. The van der Waals surface area contributed by atoms with Crippen molar-refractivity contribution in [3.63, 3.8) is 0 Å². The fraction of sp³-hybridized carbons (Fsp3) is 1.00. The van der Waals surface area contributed by atoms with E-state index in [-0.39, 0.29) is 11.7 Å². The van der Waals surface area contributed by atoms with Crippen molar-refractivity contribution in [2.24, 2.45) is 0 Å². The lowest BCUT2D eigenvalue weighted by molar-refractivity contribution is -0.0600. The molecule has 0 aromatic carbocycles. The Bertz CT molecular complexity index is 674. The van der Waals surface area contributed by atoms with Crippen LogP contribution in [-0.2, 0) is 13.3 Å². The molecule has 0 aliphatic carbocycles. The van der Waals surface area contributed by atoms with Gasteiger partial charge in [-0.1, -0.05) is 266 Å². The van der Waals surface area contributed by atoms with Gasteiger partial charge in [-0.3, -0.25) is 0 Å². The van der Waals surface area contributed by atoms with Crippen LogP contribution in [-0.4, -0.2) is 27.6 Å². The van der Waals surface area contributed by atoms with Gasteiger partial charge in [-0.25, -0.2) is 0 Å². The fourth-order valence-corrected chi connectivity index (χ4v) is 11.9. The van der Waals surface area contributed by atoms with Crippen LogP contribution in [0.4, 0.5) is 0 Å². The molecule has 0 N–H and O–H groups in total. The van der Waals surface area contributed by atoms with Crippen molar-refractivity contribution >= 4 is 8.80 Å². The van der Waals surface area contributed by atoms with E-state index in [4.69, 9.17) is 13.3 Å². The van der Waals surface area contributed by atoms with Gasteiger partial charge in [0.25, 0.3) is 0 Å². The normalized spacial score (nSPS) is 13.3. The third-order valence-electron chi connectivity index (χ3n) is 12.6. The first-order valence-electron chi connectivity index (χ1n) is 25.9. The van der Waals surface area contributed by atoms with E-state index in [0.29, 0.717) is 0 Å². The summed E-state index contributed by atoms with van der Waals surface area (Å²) in [5.41, 5.74) is -0.102. The standard InChI is InChI=1S/C51H106O3Si/c1-8-14-20-26-32-38-44-50(45-39-33-27-21-15-9-2)53-55(52-7,49-43-37-31-25-19-13-6)54-51(46-40-34-28-22-16-10-3,47-41-35-29-23-17-11-4)48-42-36-30-24-18-12-5/h50H,8-49H2,1-7H3. The lowest BCUT2D eigenvalue weighted by Gasteiger charge is -2.43. The molecule has 4 heteroatoms. The topological polar surface area (TPSA) is 27.7 Å². The molecule has 0 heterocycles. The molecule has 0 aliphatic heterocycles. The van der Waals surface area contributed by atoms with Crippen LogP contribution in [0.15, 0.2) is 0 Å². The van der Waals surface area contributed by atoms with E-state index in [1.165, 1.54) is 263 Å². The molecule has 0 aliphatic rings. The van der Waals surface area contributed by atoms with Gasteiger partial charge in [0, 0.05) is 19.3 Å². The van der Waals surface area contributed by atoms with Gasteiger partial charge in [-0.2, -0.15) is 0 Å². The Kier molecular flexibility index (Phi) is 42.3. The Hall–Kier alpha value is 0.0969. The summed E-state index contributed by atoms with van der Waals surface area (Å²) in [6.45, 7) is 14.0. The van der Waals surface area contributed by atoms with Crippen molar-refractivity contribution in [3.8, 4) is 0 Å². The van der Waals surface area contributed by atoms with Crippen LogP contribution in [0.5, 0.6) is 0 Å². The van der Waals surface area contributed by atoms with E-state index in [1.54, 1.807) is 0 Å². The van der Waals surface area contributed by atoms with Gasteiger partial charge < -0.3 is 13.3 Å². The summed E-state index contributed by atoms with van der Waals surface area (Å²) in [6, 6.07) is 1.00. The molecule has 0 radical (unpaired) electrons. The fourth-order valence-electron chi connectivity index (χ4n) is 8.81. The molecular weight excluding hydrogens is 689 g/mol. The molecule has 0 rings (SSSR count). The largest absolute Gasteiger partial charge is 0.501 e. The molecule has 0 saturated carbocycles. The summed E-state index contributed by atoms with van der Waals surface area (Å²) in [6.07, 6.45) is 54.5. The number of rotatable bonds is 47. The highest BCUT2D eigenvalue weighted by atomic mass is 28.4. The van der Waals surface area contributed by atoms with Crippen molar-refractivity contribution in [2.75, 3.05) is 7.11 Å². The Labute approximate surface area is 350 Å². The average molecular weight is 795 g/mol. The first-order valence-corrected chi connectivity index (χ1v) is 27.9. The summed E-state index contributed by atoms with van der Waals surface area (Å²) in [5, 5.41) is 0. The monoisotopic (exact) mass is 795 g/mol. The first-order chi connectivity index (χ1) is 27.0. The molecule has 1 unspecified atom stereocenters. The molecule has 3 nitrogen and oxygen atoms in total. The summed E-state index contributed by atoms with van der Waals surface area (Å²) >= 11 is 0. The number of hydrogen-bond donors (Lipinski definition) is 0. The van der Waals surface area contributed by atoms with Gasteiger partial charge in [0.1, 0.15) is 0 Å². The minimum absolute atomic E-state index is 0.102. The molecule has 332 valence electrons. The van der Waals surface area contributed by atoms with Crippen molar-refractivity contribution < 1.29 is 13.3 Å². The predicted molar refractivity (Wildman–Crippen MR) is 250 cm³/mol. The Morgan fingerprint density at radius 2 is 0.618 bits per heavy atom. The van der Waals surface area contributed by atoms with Gasteiger partial charge in [-0.05, 0) is 38.5 Å². The summed E-state index contributed by atoms with van der Waals surface area (Å²) in [4.78, 5) is 0. The Morgan fingerprint density at radius 3 is 0.927 bits per heavy atom. The van der Waals surface area contributed by atoms with Crippen molar-refractivity contribution in [2.45, 2.75) is 323 Å². The Balaban J connectivity index is 6.48. The maximum Gasteiger partial charge on any atom is 0.501 e. The number of unbranched alkanes of at least 4 members (excludes halogenated alkanes) is 30. The van der Waals surface area contributed by atoms with Crippen LogP contribution < -0.4 is 0 Å². The molecule has 0 bridgehead atoms. The highest BCUT2D eigenvalue weighted by Crippen LogP contribution is 2.39. The van der Waals surface area contributed by atoms with Crippen LogP contribution in [0, 0.1) is 0 Å². The van der Waals surface area contributed by atoms with Gasteiger partial charge in [0.15, 0.2) is 0 Å². The number of hydrogen-bond acceptors (Lipinski definition) is 3.